The van der Waals surface area contributed by atoms with Crippen molar-refractivity contribution in [3.05, 3.63) is 72.6 Å². The summed E-state index contributed by atoms with van der Waals surface area (Å²) >= 11 is 0. The first-order valence-electron chi connectivity index (χ1n) is 5.65. The second kappa shape index (κ2) is 5.50. The molecular weight excluding hydrogens is 224 g/mol. The number of hydrogen-bond donors (Lipinski definition) is 0. The molecule has 0 bridgehead atoms. The number of ether oxygens (including phenoxy) is 1. The van der Waals surface area contributed by atoms with E-state index in [4.69, 9.17) is 4.74 Å². The lowest BCUT2D eigenvalue weighted by Gasteiger charge is -2.17. The summed E-state index contributed by atoms with van der Waals surface area (Å²) in [6, 6.07) is 21.0. The van der Waals surface area contributed by atoms with Crippen molar-refractivity contribution in [3.8, 4) is 0 Å². The zero-order chi connectivity index (χ0) is 12.1. The van der Waals surface area contributed by atoms with Crippen LogP contribution in [0.2, 0.25) is 0 Å². The molecule has 86 valence electrons. The monoisotopic (exact) mass is 240 g/mol. The van der Waals surface area contributed by atoms with E-state index in [2.05, 4.69) is 55.1 Å². The van der Waals surface area contributed by atoms with Gasteiger partial charge in [-0.15, -0.1) is 0 Å². The van der Waals surface area contributed by atoms with Crippen molar-refractivity contribution in [3.63, 3.8) is 0 Å². The van der Waals surface area contributed by atoms with E-state index in [0.717, 1.165) is 5.38 Å². The lowest BCUT2D eigenvalue weighted by Crippen LogP contribution is -2.44. The molecule has 0 atom stereocenters. The molecule has 2 rings (SSSR count). The minimum Gasteiger partial charge on any atom is -0.506 e. The molecule has 0 spiro atoms. The van der Waals surface area contributed by atoms with Gasteiger partial charge in [-0.25, -0.2) is 0 Å². The Morgan fingerprint density at radius 3 is 1.65 bits per heavy atom. The third kappa shape index (κ3) is 2.66. The first-order chi connectivity index (χ1) is 8.33. The number of rotatable bonds is 4. The molecule has 0 aliphatic rings. The highest BCUT2D eigenvalue weighted by Crippen LogP contribution is 2.02. The molecule has 0 radical (unpaired) electrons. The molecule has 0 unspecified atom stereocenters. The van der Waals surface area contributed by atoms with Crippen LogP contribution in [0.25, 0.3) is 0 Å². The van der Waals surface area contributed by atoms with E-state index in [1.54, 1.807) is 7.11 Å². The fourth-order valence-electron chi connectivity index (χ4n) is 1.97. The van der Waals surface area contributed by atoms with Gasteiger partial charge in [0.2, 0.25) is 0 Å². The van der Waals surface area contributed by atoms with Crippen LogP contribution in [-0.4, -0.2) is 15.9 Å². The molecule has 0 heterocycles. The number of methoxy groups -OCH3 is 1. The van der Waals surface area contributed by atoms with Gasteiger partial charge in [0.05, 0.1) is 12.5 Å². The molecule has 0 aromatic heterocycles. The van der Waals surface area contributed by atoms with Crippen LogP contribution in [0, 0.1) is 0 Å². The zero-order valence-electron chi connectivity index (χ0n) is 9.97. The largest absolute Gasteiger partial charge is 0.506 e. The molecule has 0 saturated carbocycles. The second-order valence-electron chi connectivity index (χ2n) is 3.92. The third-order valence-corrected chi connectivity index (χ3v) is 5.83. The number of benzene rings is 2. The quantitative estimate of drug-likeness (QED) is 0.584. The van der Waals surface area contributed by atoms with E-state index in [1.165, 1.54) is 10.4 Å². The van der Waals surface area contributed by atoms with Crippen molar-refractivity contribution in [2.75, 3.05) is 7.11 Å². The Labute approximate surface area is 104 Å². The van der Waals surface area contributed by atoms with Crippen molar-refractivity contribution < 1.29 is 4.74 Å². The van der Waals surface area contributed by atoms with Gasteiger partial charge in [-0.3, -0.25) is 0 Å². The summed E-state index contributed by atoms with van der Waals surface area (Å²) in [5.41, 5.74) is 0. The molecular formula is C15H16OSi. The van der Waals surface area contributed by atoms with Gasteiger partial charge in [0, 0.05) is 0 Å². The average Bonchev–Trinajstić information content (AvgIpc) is 2.41. The first kappa shape index (κ1) is 11.7. The number of hydrogen-bond acceptors (Lipinski definition) is 1. The van der Waals surface area contributed by atoms with Gasteiger partial charge < -0.3 is 4.74 Å². The molecule has 2 aromatic carbocycles. The van der Waals surface area contributed by atoms with Crippen LogP contribution >= 0.6 is 0 Å². The normalized spacial score (nSPS) is 10.2. The van der Waals surface area contributed by atoms with Gasteiger partial charge in [0.15, 0.2) is 8.80 Å². The first-order valence-corrected chi connectivity index (χ1v) is 7.39. The highest BCUT2D eigenvalue weighted by Gasteiger charge is 2.20. The standard InChI is InChI=1S/C15H16OSi/c1-13(16-2)17(14-9-5-3-6-10-14)15-11-7-4-8-12-15/h3-12,17H,1H2,2H3. The maximum atomic E-state index is 5.39. The molecule has 0 amide bonds. The smallest absolute Gasteiger partial charge is 0.175 e. The Balaban J connectivity index is 2.43. The van der Waals surface area contributed by atoms with E-state index in [0.29, 0.717) is 0 Å². The van der Waals surface area contributed by atoms with E-state index < -0.39 is 8.80 Å². The van der Waals surface area contributed by atoms with Crippen LogP contribution in [-0.2, 0) is 4.74 Å². The molecule has 0 aliphatic carbocycles. The summed E-state index contributed by atoms with van der Waals surface area (Å²) < 4.78 is 5.39. The Morgan fingerprint density at radius 2 is 1.29 bits per heavy atom. The average molecular weight is 240 g/mol. The molecule has 0 saturated heterocycles. The van der Waals surface area contributed by atoms with Gasteiger partial charge in [-0.05, 0) is 10.4 Å². The molecule has 1 nitrogen and oxygen atoms in total. The van der Waals surface area contributed by atoms with Crippen LogP contribution in [0.4, 0.5) is 0 Å². The van der Waals surface area contributed by atoms with Crippen molar-refractivity contribution in [1.29, 1.82) is 0 Å². The molecule has 2 heteroatoms. The van der Waals surface area contributed by atoms with Crippen LogP contribution in [0.5, 0.6) is 0 Å². The van der Waals surface area contributed by atoms with Crippen LogP contribution in [0.3, 0.4) is 0 Å². The van der Waals surface area contributed by atoms with Crippen LogP contribution in [0.1, 0.15) is 0 Å². The van der Waals surface area contributed by atoms with Crippen LogP contribution in [0.15, 0.2) is 72.6 Å². The summed E-state index contributed by atoms with van der Waals surface area (Å²) in [4.78, 5) is 0. The maximum absolute atomic E-state index is 5.39. The van der Waals surface area contributed by atoms with Crippen LogP contribution < -0.4 is 10.4 Å². The molecule has 17 heavy (non-hydrogen) atoms. The van der Waals surface area contributed by atoms with Gasteiger partial charge in [-0.2, -0.15) is 0 Å². The van der Waals surface area contributed by atoms with Gasteiger partial charge in [0.25, 0.3) is 0 Å². The van der Waals surface area contributed by atoms with E-state index in [1.807, 2.05) is 12.1 Å². The molecule has 0 N–H and O–H groups in total. The van der Waals surface area contributed by atoms with Crippen molar-refractivity contribution in [2.24, 2.45) is 0 Å². The Kier molecular flexibility index (Phi) is 3.78. The van der Waals surface area contributed by atoms with E-state index >= 15 is 0 Å². The highest BCUT2D eigenvalue weighted by molar-refractivity contribution is 6.90. The highest BCUT2D eigenvalue weighted by atomic mass is 28.3. The van der Waals surface area contributed by atoms with Crippen molar-refractivity contribution >= 4 is 19.2 Å². The zero-order valence-corrected chi connectivity index (χ0v) is 11.1. The summed E-state index contributed by atoms with van der Waals surface area (Å²) in [6.45, 7) is 4.07. The lowest BCUT2D eigenvalue weighted by molar-refractivity contribution is 0.321. The van der Waals surface area contributed by atoms with Gasteiger partial charge in [-0.1, -0.05) is 67.2 Å². The minimum atomic E-state index is -1.46. The third-order valence-electron chi connectivity index (χ3n) is 2.85. The summed E-state index contributed by atoms with van der Waals surface area (Å²) in [7, 11) is 0.241. The van der Waals surface area contributed by atoms with Crippen molar-refractivity contribution in [2.45, 2.75) is 0 Å². The Hall–Kier alpha value is -1.80. The fourth-order valence-corrected chi connectivity index (χ4v) is 4.55. The summed E-state index contributed by atoms with van der Waals surface area (Å²) in [5.74, 6) is 0. The molecule has 0 aliphatic heterocycles. The summed E-state index contributed by atoms with van der Waals surface area (Å²) in [6.07, 6.45) is 0. The van der Waals surface area contributed by atoms with Gasteiger partial charge >= 0.3 is 0 Å². The fraction of sp³-hybridized carbons (Fsp3) is 0.0667. The molecule has 0 fully saturated rings. The van der Waals surface area contributed by atoms with Crippen molar-refractivity contribution in [1.82, 2.24) is 0 Å². The van der Waals surface area contributed by atoms with E-state index in [-0.39, 0.29) is 0 Å². The second-order valence-corrected chi connectivity index (χ2v) is 6.77. The topological polar surface area (TPSA) is 9.23 Å². The lowest BCUT2D eigenvalue weighted by atomic mass is 10.4. The Morgan fingerprint density at radius 1 is 0.882 bits per heavy atom. The van der Waals surface area contributed by atoms with E-state index in [9.17, 15) is 0 Å². The SMILES string of the molecule is C=C(OC)[SiH](c1ccccc1)c1ccccc1. The molecule has 2 aromatic rings. The predicted octanol–water partition coefficient (Wildman–Crippen LogP) is 1.73. The Bertz CT molecular complexity index is 439. The maximum Gasteiger partial charge on any atom is 0.175 e. The summed E-state index contributed by atoms with van der Waals surface area (Å²) in [5, 5.41) is 3.58. The minimum absolute atomic E-state index is 0.905. The van der Waals surface area contributed by atoms with Gasteiger partial charge in [0.1, 0.15) is 0 Å². The predicted molar refractivity (Wildman–Crippen MR) is 75.5 cm³/mol.